The number of rotatable bonds is 4. The second kappa shape index (κ2) is 6.90. The number of hydrogen-bond donors (Lipinski definition) is 1. The third-order valence-corrected chi connectivity index (χ3v) is 2.55. The Balaban J connectivity index is 1.88. The van der Waals surface area contributed by atoms with E-state index < -0.39 is 6.09 Å². The van der Waals surface area contributed by atoms with E-state index in [9.17, 15) is 4.79 Å². The minimum atomic E-state index is -0.574. The largest absolute Gasteiger partial charge is 0.444 e. The van der Waals surface area contributed by atoms with Gasteiger partial charge in [0.05, 0.1) is 12.5 Å². The van der Waals surface area contributed by atoms with Crippen molar-refractivity contribution in [2.75, 3.05) is 5.32 Å². The first-order valence-electron chi connectivity index (χ1n) is 6.07. The minimum absolute atomic E-state index is 0.199. The number of carbonyl (C=O) groups excluding carboxylic acids is 1. The molecule has 0 aliphatic heterocycles. The number of nitriles is 1. The van der Waals surface area contributed by atoms with Crippen LogP contribution in [-0.2, 0) is 17.8 Å². The zero-order valence-corrected chi connectivity index (χ0v) is 10.7. The molecule has 2 aromatic rings. The van der Waals surface area contributed by atoms with E-state index in [1.165, 1.54) is 0 Å². The first-order chi connectivity index (χ1) is 9.78. The maximum absolute atomic E-state index is 11.6. The van der Waals surface area contributed by atoms with Crippen LogP contribution in [0.15, 0.2) is 48.7 Å². The first-order valence-corrected chi connectivity index (χ1v) is 6.07. The van der Waals surface area contributed by atoms with Gasteiger partial charge in [0.2, 0.25) is 0 Å². The van der Waals surface area contributed by atoms with Crippen molar-refractivity contribution in [3.05, 3.63) is 59.8 Å². The fourth-order valence-electron chi connectivity index (χ4n) is 1.61. The number of nitrogens with zero attached hydrogens (tertiary/aromatic N) is 2. The Labute approximate surface area is 116 Å². The summed E-state index contributed by atoms with van der Waals surface area (Å²) in [7, 11) is 0. The molecule has 1 N–H and O–H groups in total. The Hall–Kier alpha value is -2.87. The van der Waals surface area contributed by atoms with Gasteiger partial charge in [-0.1, -0.05) is 30.3 Å². The summed E-state index contributed by atoms with van der Waals surface area (Å²) in [4.78, 5) is 15.6. The quantitative estimate of drug-likeness (QED) is 0.924. The van der Waals surface area contributed by atoms with Gasteiger partial charge >= 0.3 is 6.09 Å². The second-order valence-electron chi connectivity index (χ2n) is 4.07. The van der Waals surface area contributed by atoms with Crippen LogP contribution in [-0.4, -0.2) is 11.1 Å². The fraction of sp³-hybridized carbons (Fsp3) is 0.133. The Bertz CT molecular complexity index is 621. The van der Waals surface area contributed by atoms with Gasteiger partial charge in [0, 0.05) is 6.20 Å². The van der Waals surface area contributed by atoms with E-state index in [0.29, 0.717) is 5.82 Å². The number of amides is 1. The molecule has 0 aliphatic carbocycles. The summed E-state index contributed by atoms with van der Waals surface area (Å²) >= 11 is 0. The first kappa shape index (κ1) is 13.6. The lowest BCUT2D eigenvalue weighted by Gasteiger charge is -2.07. The number of nitrogens with one attached hydrogen (secondary N) is 1. The Morgan fingerprint density at radius 2 is 2.05 bits per heavy atom. The molecule has 20 heavy (non-hydrogen) atoms. The van der Waals surface area contributed by atoms with E-state index in [-0.39, 0.29) is 13.0 Å². The molecule has 5 heteroatoms. The van der Waals surface area contributed by atoms with Gasteiger partial charge < -0.3 is 4.74 Å². The average molecular weight is 267 g/mol. The van der Waals surface area contributed by atoms with Crippen LogP contribution in [0, 0.1) is 11.3 Å². The van der Waals surface area contributed by atoms with E-state index >= 15 is 0 Å². The highest BCUT2D eigenvalue weighted by Gasteiger charge is 2.05. The Kier molecular flexibility index (Phi) is 4.68. The highest BCUT2D eigenvalue weighted by Crippen LogP contribution is 2.08. The molecule has 0 saturated carbocycles. The maximum atomic E-state index is 11.6. The van der Waals surface area contributed by atoms with Crippen molar-refractivity contribution in [3.63, 3.8) is 0 Å². The number of hydrogen-bond acceptors (Lipinski definition) is 4. The molecule has 0 bridgehead atoms. The predicted molar refractivity (Wildman–Crippen MR) is 73.8 cm³/mol. The van der Waals surface area contributed by atoms with E-state index in [4.69, 9.17) is 10.00 Å². The topological polar surface area (TPSA) is 75.0 Å². The monoisotopic (exact) mass is 267 g/mol. The van der Waals surface area contributed by atoms with Gasteiger partial charge in [0.25, 0.3) is 0 Å². The van der Waals surface area contributed by atoms with Crippen molar-refractivity contribution >= 4 is 11.9 Å². The van der Waals surface area contributed by atoms with Gasteiger partial charge in [0.15, 0.2) is 0 Å². The van der Waals surface area contributed by atoms with Crippen LogP contribution >= 0.6 is 0 Å². The van der Waals surface area contributed by atoms with Gasteiger partial charge in [-0.25, -0.2) is 9.78 Å². The number of ether oxygens (including phenoxy) is 1. The number of anilines is 1. The highest BCUT2D eigenvalue weighted by atomic mass is 16.5. The Morgan fingerprint density at radius 1 is 1.25 bits per heavy atom. The predicted octanol–water partition coefficient (Wildman–Crippen LogP) is 2.90. The highest BCUT2D eigenvalue weighted by molar-refractivity contribution is 5.83. The summed E-state index contributed by atoms with van der Waals surface area (Å²) in [6.45, 7) is 0.199. The summed E-state index contributed by atoms with van der Waals surface area (Å²) in [5, 5.41) is 11.1. The summed E-state index contributed by atoms with van der Waals surface area (Å²) in [5.74, 6) is 0.371. The van der Waals surface area contributed by atoms with E-state index in [2.05, 4.69) is 10.3 Å². The van der Waals surface area contributed by atoms with E-state index in [0.717, 1.165) is 11.1 Å². The van der Waals surface area contributed by atoms with Gasteiger partial charge in [-0.3, -0.25) is 5.32 Å². The summed E-state index contributed by atoms with van der Waals surface area (Å²) < 4.78 is 5.08. The molecule has 2 rings (SSSR count). The molecule has 0 radical (unpaired) electrons. The average Bonchev–Trinajstić information content (AvgIpc) is 2.47. The van der Waals surface area contributed by atoms with Crippen LogP contribution in [0.2, 0.25) is 0 Å². The lowest BCUT2D eigenvalue weighted by atomic mass is 10.2. The molecule has 0 fully saturated rings. The number of benzene rings is 1. The molecular formula is C15H13N3O2. The molecule has 1 amide bonds. The lowest BCUT2D eigenvalue weighted by molar-refractivity contribution is 0.155. The van der Waals surface area contributed by atoms with Crippen molar-refractivity contribution < 1.29 is 9.53 Å². The molecule has 0 unspecified atom stereocenters. The minimum Gasteiger partial charge on any atom is -0.444 e. The molecule has 0 atom stereocenters. The fourth-order valence-corrected chi connectivity index (χ4v) is 1.61. The zero-order chi connectivity index (χ0) is 14.2. The molecule has 0 aliphatic rings. The third-order valence-electron chi connectivity index (χ3n) is 2.55. The van der Waals surface area contributed by atoms with Crippen LogP contribution in [0.1, 0.15) is 11.1 Å². The van der Waals surface area contributed by atoms with Crippen molar-refractivity contribution in [2.45, 2.75) is 13.0 Å². The third kappa shape index (κ3) is 4.10. The maximum Gasteiger partial charge on any atom is 0.413 e. The van der Waals surface area contributed by atoms with Gasteiger partial charge in [-0.05, 0) is 23.3 Å². The standard InChI is InChI=1S/C15H13N3O2/c16-8-6-12-7-9-17-14(10-12)18-15(19)20-11-13-4-2-1-3-5-13/h1-5,7,9-10H,6,11H2,(H,17,18,19). The smallest absolute Gasteiger partial charge is 0.413 e. The van der Waals surface area contributed by atoms with Crippen molar-refractivity contribution in [1.29, 1.82) is 5.26 Å². The van der Waals surface area contributed by atoms with Gasteiger partial charge in [0.1, 0.15) is 12.4 Å². The molecular weight excluding hydrogens is 254 g/mol. The van der Waals surface area contributed by atoms with Gasteiger partial charge in [-0.2, -0.15) is 5.26 Å². The van der Waals surface area contributed by atoms with Gasteiger partial charge in [-0.15, -0.1) is 0 Å². The summed E-state index contributed by atoms with van der Waals surface area (Å²) in [6, 6.07) is 14.8. The van der Waals surface area contributed by atoms with Crippen LogP contribution in [0.5, 0.6) is 0 Å². The molecule has 5 nitrogen and oxygen atoms in total. The number of pyridine rings is 1. The molecule has 100 valence electrons. The van der Waals surface area contributed by atoms with Crippen LogP contribution in [0.3, 0.4) is 0 Å². The van der Waals surface area contributed by atoms with E-state index in [1.54, 1.807) is 18.3 Å². The zero-order valence-electron chi connectivity index (χ0n) is 10.7. The second-order valence-corrected chi connectivity index (χ2v) is 4.07. The SMILES string of the molecule is N#CCc1ccnc(NC(=O)OCc2ccccc2)c1. The molecule has 1 heterocycles. The normalized spacial score (nSPS) is 9.55. The Morgan fingerprint density at radius 3 is 2.80 bits per heavy atom. The number of carbonyl (C=O) groups is 1. The molecule has 1 aromatic carbocycles. The van der Waals surface area contributed by atoms with Crippen molar-refractivity contribution in [3.8, 4) is 6.07 Å². The van der Waals surface area contributed by atoms with Crippen molar-refractivity contribution in [1.82, 2.24) is 4.98 Å². The van der Waals surface area contributed by atoms with Crippen LogP contribution in [0.4, 0.5) is 10.6 Å². The molecule has 0 spiro atoms. The number of aromatic nitrogens is 1. The van der Waals surface area contributed by atoms with Crippen molar-refractivity contribution in [2.24, 2.45) is 0 Å². The van der Waals surface area contributed by atoms with E-state index in [1.807, 2.05) is 36.4 Å². The lowest BCUT2D eigenvalue weighted by Crippen LogP contribution is -2.14. The molecule has 0 saturated heterocycles. The molecule has 1 aromatic heterocycles. The van der Waals surface area contributed by atoms with Crippen LogP contribution < -0.4 is 5.32 Å². The summed E-state index contributed by atoms with van der Waals surface area (Å²) in [5.41, 5.74) is 1.70. The van der Waals surface area contributed by atoms with Crippen LogP contribution in [0.25, 0.3) is 0 Å². The summed E-state index contributed by atoms with van der Waals surface area (Å²) in [6.07, 6.45) is 1.24.